The van der Waals surface area contributed by atoms with Crippen LogP contribution in [-0.4, -0.2) is 35.6 Å². The Morgan fingerprint density at radius 2 is 2.20 bits per heavy atom. The summed E-state index contributed by atoms with van der Waals surface area (Å²) < 4.78 is 5.18. The van der Waals surface area contributed by atoms with E-state index < -0.39 is 18.3 Å². The van der Waals surface area contributed by atoms with E-state index in [1.54, 1.807) is 7.11 Å². The summed E-state index contributed by atoms with van der Waals surface area (Å²) in [6.07, 6.45) is 2.01. The number of nitrogens with one attached hydrogen (secondary N) is 2. The smallest absolute Gasteiger partial charge is 0.312 e. The molecule has 0 aliphatic carbocycles. The van der Waals surface area contributed by atoms with Gasteiger partial charge < -0.3 is 20.1 Å². The van der Waals surface area contributed by atoms with E-state index in [4.69, 9.17) is 9.84 Å². The fourth-order valence-corrected chi connectivity index (χ4v) is 2.03. The molecule has 0 unspecified atom stereocenters. The van der Waals surface area contributed by atoms with Crippen LogP contribution < -0.4 is 10.1 Å². The molecule has 6 nitrogen and oxygen atoms in total. The number of H-pyrrole nitrogens is 1. The van der Waals surface area contributed by atoms with Gasteiger partial charge in [0.25, 0.3) is 0 Å². The third-order valence-corrected chi connectivity index (χ3v) is 3.00. The minimum Gasteiger partial charge on any atom is -0.497 e. The van der Waals surface area contributed by atoms with Gasteiger partial charge in [-0.1, -0.05) is 0 Å². The lowest BCUT2D eigenvalue weighted by Crippen LogP contribution is -2.27. The highest BCUT2D eigenvalue weighted by Gasteiger charge is 2.08. The maximum atomic E-state index is 11.2. The number of hydrogen-bond acceptors (Lipinski definition) is 3. The van der Waals surface area contributed by atoms with Crippen molar-refractivity contribution in [3.63, 3.8) is 0 Å². The van der Waals surface area contributed by atoms with Gasteiger partial charge in [-0.05, 0) is 30.2 Å². The van der Waals surface area contributed by atoms with Crippen molar-refractivity contribution in [2.75, 3.05) is 13.7 Å². The first-order chi connectivity index (χ1) is 9.60. The average Bonchev–Trinajstić information content (AvgIpc) is 2.80. The maximum absolute atomic E-state index is 11.2. The second kappa shape index (κ2) is 6.10. The number of carboxylic acids is 1. The number of carbonyl (C=O) groups is 2. The van der Waals surface area contributed by atoms with Gasteiger partial charge in [-0.3, -0.25) is 9.59 Å². The lowest BCUT2D eigenvalue weighted by atomic mass is 10.1. The number of aromatic amines is 1. The van der Waals surface area contributed by atoms with Gasteiger partial charge in [0.1, 0.15) is 12.2 Å². The van der Waals surface area contributed by atoms with E-state index >= 15 is 0 Å². The number of carbonyl (C=O) groups excluding carboxylic acids is 1. The predicted octanol–water partition coefficient (Wildman–Crippen LogP) is 1.31. The van der Waals surface area contributed by atoms with E-state index in [9.17, 15) is 9.59 Å². The third kappa shape index (κ3) is 3.28. The lowest BCUT2D eigenvalue weighted by Gasteiger charge is -2.04. The van der Waals surface area contributed by atoms with E-state index in [0.717, 1.165) is 22.2 Å². The summed E-state index contributed by atoms with van der Waals surface area (Å²) in [6, 6.07) is 5.73. The molecule has 0 saturated heterocycles. The largest absolute Gasteiger partial charge is 0.497 e. The number of amides is 1. The summed E-state index contributed by atoms with van der Waals surface area (Å²) >= 11 is 0. The Morgan fingerprint density at radius 3 is 2.90 bits per heavy atom. The molecule has 0 fully saturated rings. The Hall–Kier alpha value is -2.50. The van der Waals surface area contributed by atoms with Crippen LogP contribution in [0.15, 0.2) is 24.4 Å². The molecule has 3 N–H and O–H groups in total. The number of carboxylic acid groups (broad SMARTS) is 1. The molecule has 0 spiro atoms. The van der Waals surface area contributed by atoms with E-state index in [-0.39, 0.29) is 0 Å². The predicted molar refractivity (Wildman–Crippen MR) is 73.8 cm³/mol. The van der Waals surface area contributed by atoms with Crippen molar-refractivity contribution in [1.82, 2.24) is 10.3 Å². The summed E-state index contributed by atoms with van der Waals surface area (Å²) in [7, 11) is 1.61. The molecule has 2 aromatic rings. The van der Waals surface area contributed by atoms with Crippen LogP contribution in [0.3, 0.4) is 0 Å². The molecule has 6 heteroatoms. The minimum absolute atomic E-state index is 0.399. The molecule has 2 rings (SSSR count). The minimum atomic E-state index is -1.13. The number of benzene rings is 1. The van der Waals surface area contributed by atoms with Crippen molar-refractivity contribution in [1.29, 1.82) is 0 Å². The highest BCUT2D eigenvalue weighted by Crippen LogP contribution is 2.23. The highest BCUT2D eigenvalue weighted by atomic mass is 16.5. The van der Waals surface area contributed by atoms with Crippen LogP contribution in [0.25, 0.3) is 10.9 Å². The Bertz CT molecular complexity index is 633. The van der Waals surface area contributed by atoms with Crippen LogP contribution in [0.5, 0.6) is 5.75 Å². The summed E-state index contributed by atoms with van der Waals surface area (Å²) in [6.45, 7) is 0.399. The van der Waals surface area contributed by atoms with Crippen molar-refractivity contribution in [3.05, 3.63) is 30.0 Å². The van der Waals surface area contributed by atoms with Crippen LogP contribution >= 0.6 is 0 Å². The van der Waals surface area contributed by atoms with Crippen molar-refractivity contribution in [3.8, 4) is 5.75 Å². The van der Waals surface area contributed by atoms with E-state index in [1.165, 1.54) is 0 Å². The van der Waals surface area contributed by atoms with E-state index in [2.05, 4.69) is 10.3 Å². The Kier molecular flexibility index (Phi) is 4.24. The molecule has 1 aromatic heterocycles. The van der Waals surface area contributed by atoms with Gasteiger partial charge in [0, 0.05) is 23.6 Å². The second-order valence-corrected chi connectivity index (χ2v) is 4.40. The first-order valence-corrected chi connectivity index (χ1v) is 6.22. The monoisotopic (exact) mass is 276 g/mol. The van der Waals surface area contributed by atoms with Crippen molar-refractivity contribution in [2.45, 2.75) is 12.8 Å². The zero-order valence-electron chi connectivity index (χ0n) is 11.1. The molecule has 1 heterocycles. The first-order valence-electron chi connectivity index (χ1n) is 6.22. The summed E-state index contributed by atoms with van der Waals surface area (Å²) in [5.41, 5.74) is 2.05. The first kappa shape index (κ1) is 13.9. The molecule has 0 aliphatic heterocycles. The van der Waals surface area contributed by atoms with Crippen molar-refractivity contribution >= 4 is 22.8 Å². The number of fused-ring (bicyclic) bond motifs is 1. The van der Waals surface area contributed by atoms with Gasteiger partial charge in [0.2, 0.25) is 5.91 Å². The molecular formula is C14H16N2O4. The number of aromatic nitrogens is 1. The number of rotatable bonds is 6. The zero-order valence-corrected chi connectivity index (χ0v) is 11.1. The van der Waals surface area contributed by atoms with Gasteiger partial charge in [0.15, 0.2) is 0 Å². The standard InChI is InChI=1S/C14H16N2O4/c1-20-10-2-3-12-11(6-10)9(8-16-12)4-5-15-13(17)7-14(18)19/h2-3,6,8,16H,4-5,7H2,1H3,(H,15,17)(H,18,19). The zero-order chi connectivity index (χ0) is 14.5. The molecule has 0 radical (unpaired) electrons. The number of methoxy groups -OCH3 is 1. The Balaban J connectivity index is 1.99. The molecule has 0 bridgehead atoms. The van der Waals surface area contributed by atoms with Crippen LogP contribution in [0.1, 0.15) is 12.0 Å². The summed E-state index contributed by atoms with van der Waals surface area (Å²) in [5, 5.41) is 12.1. The highest BCUT2D eigenvalue weighted by molar-refractivity contribution is 5.93. The van der Waals surface area contributed by atoms with Crippen molar-refractivity contribution in [2.24, 2.45) is 0 Å². The van der Waals surface area contributed by atoms with Gasteiger partial charge in [-0.2, -0.15) is 0 Å². The fraction of sp³-hybridized carbons (Fsp3) is 0.286. The molecular weight excluding hydrogens is 260 g/mol. The number of hydrogen-bond donors (Lipinski definition) is 3. The number of ether oxygens (including phenoxy) is 1. The van der Waals surface area contributed by atoms with Gasteiger partial charge in [0.05, 0.1) is 7.11 Å². The van der Waals surface area contributed by atoms with Crippen LogP contribution in [0.2, 0.25) is 0 Å². The number of aliphatic carboxylic acids is 1. The molecule has 1 aromatic carbocycles. The van der Waals surface area contributed by atoms with Crippen LogP contribution in [-0.2, 0) is 16.0 Å². The van der Waals surface area contributed by atoms with Crippen molar-refractivity contribution < 1.29 is 19.4 Å². The van der Waals surface area contributed by atoms with Crippen LogP contribution in [0.4, 0.5) is 0 Å². The molecule has 0 aliphatic rings. The quantitative estimate of drug-likeness (QED) is 0.694. The van der Waals surface area contributed by atoms with E-state index in [0.29, 0.717) is 13.0 Å². The second-order valence-electron chi connectivity index (χ2n) is 4.40. The van der Waals surface area contributed by atoms with Gasteiger partial charge in [-0.25, -0.2) is 0 Å². The summed E-state index contributed by atoms with van der Waals surface area (Å²) in [4.78, 5) is 24.7. The topological polar surface area (TPSA) is 91.4 Å². The summed E-state index contributed by atoms with van der Waals surface area (Å²) in [5.74, 6) is -0.831. The normalized spacial score (nSPS) is 10.4. The molecule has 1 amide bonds. The molecule has 20 heavy (non-hydrogen) atoms. The van der Waals surface area contributed by atoms with Crippen LogP contribution in [0, 0.1) is 0 Å². The lowest BCUT2D eigenvalue weighted by molar-refractivity contribution is -0.140. The van der Waals surface area contributed by atoms with Gasteiger partial charge in [-0.15, -0.1) is 0 Å². The fourth-order valence-electron chi connectivity index (χ4n) is 2.03. The van der Waals surface area contributed by atoms with Gasteiger partial charge >= 0.3 is 5.97 Å². The molecule has 106 valence electrons. The Morgan fingerprint density at radius 1 is 1.40 bits per heavy atom. The molecule has 0 atom stereocenters. The third-order valence-electron chi connectivity index (χ3n) is 3.00. The average molecular weight is 276 g/mol. The maximum Gasteiger partial charge on any atom is 0.312 e. The Labute approximate surface area is 115 Å². The molecule has 0 saturated carbocycles. The van der Waals surface area contributed by atoms with E-state index in [1.807, 2.05) is 24.4 Å². The SMILES string of the molecule is COc1ccc2[nH]cc(CCNC(=O)CC(=O)O)c2c1.